The number of nitrogens with one attached hydrogen (secondary N) is 1. The second-order valence-electron chi connectivity index (χ2n) is 5.87. The van der Waals surface area contributed by atoms with Gasteiger partial charge in [0.1, 0.15) is 5.82 Å². The molecule has 0 saturated carbocycles. The highest BCUT2D eigenvalue weighted by molar-refractivity contribution is 5.62. The molecular weight excluding hydrogens is 268 g/mol. The molecule has 1 atom stereocenters. The third kappa shape index (κ3) is 3.43. The van der Waals surface area contributed by atoms with Crippen molar-refractivity contribution in [3.63, 3.8) is 0 Å². The van der Waals surface area contributed by atoms with E-state index in [1.807, 2.05) is 0 Å². The summed E-state index contributed by atoms with van der Waals surface area (Å²) in [5, 5.41) is 14.5. The van der Waals surface area contributed by atoms with Crippen molar-refractivity contribution in [2.24, 2.45) is 5.92 Å². The summed E-state index contributed by atoms with van der Waals surface area (Å²) in [6.45, 7) is 8.06. The van der Waals surface area contributed by atoms with Crippen LogP contribution in [0, 0.1) is 16.0 Å². The Morgan fingerprint density at radius 3 is 2.90 bits per heavy atom. The Kier molecular flexibility index (Phi) is 4.98. The van der Waals surface area contributed by atoms with Gasteiger partial charge in [-0.05, 0) is 31.2 Å². The summed E-state index contributed by atoms with van der Waals surface area (Å²) >= 11 is 0. The van der Waals surface area contributed by atoms with Crippen LogP contribution in [0.5, 0.6) is 0 Å². The van der Waals surface area contributed by atoms with Gasteiger partial charge in [-0.2, -0.15) is 0 Å². The average Bonchev–Trinajstić information content (AvgIpc) is 2.94. The summed E-state index contributed by atoms with van der Waals surface area (Å²) in [6.07, 6.45) is 3.13. The molecule has 0 aromatic carbocycles. The van der Waals surface area contributed by atoms with Crippen LogP contribution in [0.1, 0.15) is 40.0 Å². The molecule has 0 bridgehead atoms. The fourth-order valence-corrected chi connectivity index (χ4v) is 2.90. The molecule has 6 heteroatoms. The molecule has 0 radical (unpaired) electrons. The van der Waals surface area contributed by atoms with Crippen LogP contribution in [-0.2, 0) is 0 Å². The molecule has 6 nitrogen and oxygen atoms in total. The maximum Gasteiger partial charge on any atom is 0.311 e. The van der Waals surface area contributed by atoms with Crippen LogP contribution in [-0.4, -0.2) is 29.0 Å². The van der Waals surface area contributed by atoms with E-state index in [9.17, 15) is 10.1 Å². The Morgan fingerprint density at radius 1 is 1.52 bits per heavy atom. The van der Waals surface area contributed by atoms with Crippen molar-refractivity contribution >= 4 is 17.3 Å². The van der Waals surface area contributed by atoms with Gasteiger partial charge in [0.25, 0.3) is 0 Å². The van der Waals surface area contributed by atoms with Crippen LogP contribution in [0.3, 0.4) is 0 Å². The van der Waals surface area contributed by atoms with Crippen LogP contribution in [0.4, 0.5) is 17.3 Å². The first-order chi connectivity index (χ1) is 10.0. The maximum atomic E-state index is 11.3. The lowest BCUT2D eigenvalue weighted by Gasteiger charge is -2.28. The van der Waals surface area contributed by atoms with Crippen molar-refractivity contribution in [1.29, 1.82) is 0 Å². The lowest BCUT2D eigenvalue weighted by atomic mass is 10.0. The molecule has 0 amide bonds. The lowest BCUT2D eigenvalue weighted by molar-refractivity contribution is -0.384. The number of aromatic nitrogens is 1. The molecule has 116 valence electrons. The largest absolute Gasteiger partial charge is 0.370 e. The van der Waals surface area contributed by atoms with Crippen molar-refractivity contribution in [3.8, 4) is 0 Å². The van der Waals surface area contributed by atoms with Gasteiger partial charge in [-0.25, -0.2) is 4.98 Å². The minimum absolute atomic E-state index is 0.101. The first kappa shape index (κ1) is 15.5. The van der Waals surface area contributed by atoms with Crippen LogP contribution < -0.4 is 10.2 Å². The van der Waals surface area contributed by atoms with E-state index in [0.29, 0.717) is 23.6 Å². The van der Waals surface area contributed by atoms with Gasteiger partial charge in [-0.1, -0.05) is 20.8 Å². The topological polar surface area (TPSA) is 71.3 Å². The third-order valence-corrected chi connectivity index (χ3v) is 3.95. The molecule has 1 aromatic heterocycles. The van der Waals surface area contributed by atoms with Gasteiger partial charge in [-0.3, -0.25) is 10.1 Å². The van der Waals surface area contributed by atoms with Crippen LogP contribution in [0.2, 0.25) is 0 Å². The monoisotopic (exact) mass is 292 g/mol. The van der Waals surface area contributed by atoms with E-state index in [2.05, 4.69) is 36.0 Å². The minimum Gasteiger partial charge on any atom is -0.370 e. The number of hydrogen-bond acceptors (Lipinski definition) is 5. The molecular formula is C15H24N4O2. The van der Waals surface area contributed by atoms with E-state index < -0.39 is 0 Å². The fourth-order valence-electron chi connectivity index (χ4n) is 2.90. The van der Waals surface area contributed by atoms with E-state index >= 15 is 0 Å². The highest BCUT2D eigenvalue weighted by atomic mass is 16.6. The second-order valence-corrected chi connectivity index (χ2v) is 5.87. The number of hydrogen-bond donors (Lipinski definition) is 1. The molecule has 1 N–H and O–H groups in total. The molecule has 1 fully saturated rings. The normalized spacial score (nSPS) is 18.3. The van der Waals surface area contributed by atoms with E-state index in [4.69, 9.17) is 0 Å². The van der Waals surface area contributed by atoms with Crippen molar-refractivity contribution in [1.82, 2.24) is 4.98 Å². The maximum absolute atomic E-state index is 11.3. The fraction of sp³-hybridized carbons (Fsp3) is 0.667. The summed E-state index contributed by atoms with van der Waals surface area (Å²) in [4.78, 5) is 17.6. The number of nitrogens with zero attached hydrogens (tertiary/aromatic N) is 3. The Morgan fingerprint density at radius 2 is 2.29 bits per heavy atom. The Bertz CT molecular complexity index is 504. The molecule has 0 aliphatic carbocycles. The predicted molar refractivity (Wildman–Crippen MR) is 84.9 cm³/mol. The number of nitro groups is 1. The van der Waals surface area contributed by atoms with Gasteiger partial charge in [0.05, 0.1) is 4.92 Å². The first-order valence-corrected chi connectivity index (χ1v) is 7.70. The SMILES string of the molecule is CCCNc1ccc([N+](=O)[O-])c(N2CCCC2C(C)C)n1. The molecule has 2 rings (SSSR count). The molecule has 1 aliphatic rings. The van der Waals surface area contributed by atoms with Gasteiger partial charge >= 0.3 is 5.69 Å². The highest BCUT2D eigenvalue weighted by Gasteiger charge is 2.32. The van der Waals surface area contributed by atoms with E-state index in [-0.39, 0.29) is 10.6 Å². The predicted octanol–water partition coefficient (Wildman–Crippen LogP) is 3.44. The quantitative estimate of drug-likeness (QED) is 0.642. The Labute approximate surface area is 125 Å². The summed E-state index contributed by atoms with van der Waals surface area (Å²) in [6, 6.07) is 3.59. The van der Waals surface area contributed by atoms with Gasteiger partial charge in [0.15, 0.2) is 0 Å². The smallest absolute Gasteiger partial charge is 0.311 e. The molecule has 1 aromatic rings. The van der Waals surface area contributed by atoms with Crippen LogP contribution in [0.25, 0.3) is 0 Å². The third-order valence-electron chi connectivity index (χ3n) is 3.95. The molecule has 1 aliphatic heterocycles. The number of pyridine rings is 1. The number of rotatable bonds is 6. The summed E-state index contributed by atoms with van der Waals surface area (Å²) in [5.74, 6) is 1.69. The molecule has 21 heavy (non-hydrogen) atoms. The summed E-state index contributed by atoms with van der Waals surface area (Å²) in [5.41, 5.74) is 0.101. The summed E-state index contributed by atoms with van der Waals surface area (Å²) < 4.78 is 0. The van der Waals surface area contributed by atoms with E-state index in [1.165, 1.54) is 0 Å². The average molecular weight is 292 g/mol. The second kappa shape index (κ2) is 6.74. The zero-order valence-electron chi connectivity index (χ0n) is 13.0. The number of anilines is 2. The van der Waals surface area contributed by atoms with Gasteiger partial charge in [0.2, 0.25) is 5.82 Å². The zero-order chi connectivity index (χ0) is 15.4. The van der Waals surface area contributed by atoms with Gasteiger partial charge in [-0.15, -0.1) is 0 Å². The van der Waals surface area contributed by atoms with Crippen molar-refractivity contribution in [2.45, 2.75) is 46.1 Å². The zero-order valence-corrected chi connectivity index (χ0v) is 13.0. The standard InChI is InChI=1S/C15H24N4O2/c1-4-9-16-14-8-7-13(19(20)21)15(17-14)18-10-5-6-12(18)11(2)3/h7-8,11-12H,4-6,9-10H2,1-3H3,(H,16,17). The van der Waals surface area contributed by atoms with Crippen molar-refractivity contribution < 1.29 is 4.92 Å². The minimum atomic E-state index is -0.332. The Balaban J connectivity index is 2.36. The highest BCUT2D eigenvalue weighted by Crippen LogP contribution is 2.35. The molecule has 0 spiro atoms. The summed E-state index contributed by atoms with van der Waals surface area (Å²) in [7, 11) is 0. The van der Waals surface area contributed by atoms with Crippen molar-refractivity contribution in [3.05, 3.63) is 22.2 Å². The Hall–Kier alpha value is -1.85. The first-order valence-electron chi connectivity index (χ1n) is 7.70. The molecule has 1 saturated heterocycles. The van der Waals surface area contributed by atoms with E-state index in [0.717, 1.165) is 32.4 Å². The van der Waals surface area contributed by atoms with Crippen molar-refractivity contribution in [2.75, 3.05) is 23.3 Å². The lowest BCUT2D eigenvalue weighted by Crippen LogP contribution is -2.34. The van der Waals surface area contributed by atoms with Gasteiger partial charge < -0.3 is 10.2 Å². The van der Waals surface area contributed by atoms with E-state index in [1.54, 1.807) is 12.1 Å². The van der Waals surface area contributed by atoms with Crippen LogP contribution in [0.15, 0.2) is 12.1 Å². The molecule has 1 unspecified atom stereocenters. The van der Waals surface area contributed by atoms with Gasteiger partial charge in [0, 0.05) is 25.2 Å². The van der Waals surface area contributed by atoms with Crippen LogP contribution >= 0.6 is 0 Å². The molecule has 2 heterocycles.